The summed E-state index contributed by atoms with van der Waals surface area (Å²) in [6.07, 6.45) is 0. The molecule has 1 aromatic rings. The molecule has 0 fully saturated rings. The predicted molar refractivity (Wildman–Crippen MR) is 48.5 cm³/mol. The molecule has 0 N–H and O–H groups in total. The summed E-state index contributed by atoms with van der Waals surface area (Å²) < 4.78 is 25.4. The van der Waals surface area contributed by atoms with Gasteiger partial charge in [-0.15, -0.1) is 0 Å². The molecule has 0 spiro atoms. The number of carbonyl (C=O) groups is 1. The summed E-state index contributed by atoms with van der Waals surface area (Å²) in [5.41, 5.74) is -0.102. The molecule has 1 nitrogen and oxygen atoms in total. The van der Waals surface area contributed by atoms with Crippen molar-refractivity contribution in [3.8, 4) is 0 Å². The van der Waals surface area contributed by atoms with E-state index in [9.17, 15) is 13.6 Å². The van der Waals surface area contributed by atoms with Crippen LogP contribution >= 0.6 is 11.8 Å². The summed E-state index contributed by atoms with van der Waals surface area (Å²) in [6, 6.07) is 2.88. The average molecular weight is 201 g/mol. The van der Waals surface area contributed by atoms with E-state index in [4.69, 9.17) is 0 Å². The predicted octanol–water partition coefficient (Wildman–Crippen LogP) is 2.67. The molecule has 1 radical (unpaired) electrons. The van der Waals surface area contributed by atoms with Crippen LogP contribution in [0.2, 0.25) is 0 Å². The van der Waals surface area contributed by atoms with Crippen molar-refractivity contribution in [2.24, 2.45) is 0 Å². The van der Waals surface area contributed by atoms with Gasteiger partial charge in [0.1, 0.15) is 11.6 Å². The van der Waals surface area contributed by atoms with Crippen LogP contribution in [0, 0.1) is 18.6 Å². The zero-order chi connectivity index (χ0) is 9.84. The van der Waals surface area contributed by atoms with Gasteiger partial charge in [-0.3, -0.25) is 4.79 Å². The van der Waals surface area contributed by atoms with E-state index in [1.165, 1.54) is 0 Å². The minimum atomic E-state index is -0.828. The van der Waals surface area contributed by atoms with E-state index >= 15 is 0 Å². The van der Waals surface area contributed by atoms with Gasteiger partial charge in [-0.1, -0.05) is 11.8 Å². The molecule has 0 unspecified atom stereocenters. The Balaban J connectivity index is 2.95. The van der Waals surface area contributed by atoms with Gasteiger partial charge in [-0.25, -0.2) is 8.78 Å². The van der Waals surface area contributed by atoms with Crippen LogP contribution in [-0.4, -0.2) is 10.9 Å². The van der Waals surface area contributed by atoms with E-state index < -0.39 is 16.7 Å². The second-order valence-electron chi connectivity index (χ2n) is 2.26. The Morgan fingerprint density at radius 1 is 1.46 bits per heavy atom. The fraction of sp³-hybridized carbons (Fsp3) is 0.111. The molecule has 69 valence electrons. The Labute approximate surface area is 79.1 Å². The van der Waals surface area contributed by atoms with Gasteiger partial charge < -0.3 is 0 Å². The van der Waals surface area contributed by atoms with Crippen molar-refractivity contribution in [2.45, 2.75) is 0 Å². The number of rotatable bonds is 2. The zero-order valence-corrected chi connectivity index (χ0v) is 7.54. The lowest BCUT2D eigenvalue weighted by atomic mass is 10.2. The van der Waals surface area contributed by atoms with Crippen LogP contribution in [0.1, 0.15) is 10.4 Å². The summed E-state index contributed by atoms with van der Waals surface area (Å²) in [6.45, 7) is 3.44. The monoisotopic (exact) mass is 201 g/mol. The molecular formula is C9H7F2OS. The molecule has 1 aromatic carbocycles. The third-order valence-electron chi connectivity index (χ3n) is 1.38. The molecule has 0 saturated heterocycles. The topological polar surface area (TPSA) is 17.1 Å². The minimum Gasteiger partial charge on any atom is -0.281 e. The number of carbonyl (C=O) groups excluding carboxylic acids is 1. The Morgan fingerprint density at radius 3 is 2.69 bits per heavy atom. The first-order valence-corrected chi connectivity index (χ1v) is 4.55. The molecule has 0 heterocycles. The highest BCUT2D eigenvalue weighted by molar-refractivity contribution is 8.14. The molecule has 13 heavy (non-hydrogen) atoms. The van der Waals surface area contributed by atoms with Crippen LogP contribution in [0.15, 0.2) is 18.2 Å². The standard InChI is InChI=1S/C9H7F2OS/c1-2-13-9(12)7-4-3-6(10)5-8(7)11/h3-5H,1-2H2. The van der Waals surface area contributed by atoms with Gasteiger partial charge in [-0.2, -0.15) is 0 Å². The molecule has 0 aliphatic carbocycles. The second kappa shape index (κ2) is 4.37. The van der Waals surface area contributed by atoms with Gasteiger partial charge in [0.25, 0.3) is 0 Å². The summed E-state index contributed by atoms with van der Waals surface area (Å²) in [5, 5.41) is -0.424. The Morgan fingerprint density at radius 2 is 2.15 bits per heavy atom. The van der Waals surface area contributed by atoms with Crippen LogP contribution in [0.3, 0.4) is 0 Å². The smallest absolute Gasteiger partial charge is 0.222 e. The SMILES string of the molecule is [CH2]CSC(=O)c1ccc(F)cc1F. The lowest BCUT2D eigenvalue weighted by Crippen LogP contribution is -1.98. The molecule has 0 bridgehead atoms. The van der Waals surface area contributed by atoms with Crippen LogP contribution in [0.5, 0.6) is 0 Å². The van der Waals surface area contributed by atoms with Gasteiger partial charge in [0.05, 0.1) is 5.56 Å². The summed E-state index contributed by atoms with van der Waals surface area (Å²) >= 11 is 0.892. The molecule has 0 atom stereocenters. The van der Waals surface area contributed by atoms with Crippen LogP contribution in [0.25, 0.3) is 0 Å². The van der Waals surface area contributed by atoms with Gasteiger partial charge >= 0.3 is 0 Å². The van der Waals surface area contributed by atoms with Crippen LogP contribution < -0.4 is 0 Å². The summed E-state index contributed by atoms with van der Waals surface area (Å²) in [4.78, 5) is 11.1. The van der Waals surface area contributed by atoms with Crippen LogP contribution in [-0.2, 0) is 0 Å². The van der Waals surface area contributed by atoms with E-state index in [1.807, 2.05) is 0 Å². The van der Waals surface area contributed by atoms with Crippen molar-refractivity contribution >= 4 is 16.9 Å². The third-order valence-corrected chi connectivity index (χ3v) is 2.07. The van der Waals surface area contributed by atoms with Gasteiger partial charge in [0.2, 0.25) is 5.12 Å². The largest absolute Gasteiger partial charge is 0.281 e. The van der Waals surface area contributed by atoms with Crippen molar-refractivity contribution < 1.29 is 13.6 Å². The number of thioether (sulfide) groups is 1. The second-order valence-corrected chi connectivity index (χ2v) is 3.33. The fourth-order valence-electron chi connectivity index (χ4n) is 0.825. The van der Waals surface area contributed by atoms with E-state index in [2.05, 4.69) is 6.92 Å². The Hall–Kier alpha value is -0.900. The van der Waals surface area contributed by atoms with Crippen molar-refractivity contribution in [3.05, 3.63) is 42.3 Å². The fourth-order valence-corrected chi connectivity index (χ4v) is 1.33. The highest BCUT2D eigenvalue weighted by Crippen LogP contribution is 2.16. The van der Waals surface area contributed by atoms with E-state index in [0.29, 0.717) is 11.8 Å². The first kappa shape index (κ1) is 10.2. The highest BCUT2D eigenvalue weighted by atomic mass is 32.2. The maximum Gasteiger partial charge on any atom is 0.222 e. The molecule has 4 heteroatoms. The van der Waals surface area contributed by atoms with E-state index in [1.54, 1.807) is 0 Å². The summed E-state index contributed by atoms with van der Waals surface area (Å²) in [7, 11) is 0. The number of halogens is 2. The van der Waals surface area contributed by atoms with E-state index in [-0.39, 0.29) is 5.56 Å². The lowest BCUT2D eigenvalue weighted by Gasteiger charge is -1.99. The molecular weight excluding hydrogens is 194 g/mol. The van der Waals surface area contributed by atoms with Crippen LogP contribution in [0.4, 0.5) is 8.78 Å². The van der Waals surface area contributed by atoms with Gasteiger partial charge in [0, 0.05) is 11.8 Å². The minimum absolute atomic E-state index is 0.102. The molecule has 0 saturated carbocycles. The third kappa shape index (κ3) is 2.52. The van der Waals surface area contributed by atoms with Crippen molar-refractivity contribution in [2.75, 3.05) is 5.75 Å². The molecule has 0 amide bonds. The number of benzene rings is 1. The maximum atomic E-state index is 12.9. The number of hydrogen-bond acceptors (Lipinski definition) is 2. The Bertz CT molecular complexity index is 325. The van der Waals surface area contributed by atoms with Gasteiger partial charge in [0.15, 0.2) is 0 Å². The average Bonchev–Trinajstić information content (AvgIpc) is 2.04. The molecule has 0 aromatic heterocycles. The first-order chi connectivity index (χ1) is 6.15. The lowest BCUT2D eigenvalue weighted by molar-refractivity contribution is 0.108. The zero-order valence-electron chi connectivity index (χ0n) is 6.72. The van der Waals surface area contributed by atoms with E-state index in [0.717, 1.165) is 23.9 Å². The van der Waals surface area contributed by atoms with Crippen molar-refractivity contribution in [3.63, 3.8) is 0 Å². The normalized spacial score (nSPS) is 10.1. The Kier molecular flexibility index (Phi) is 3.42. The number of hydrogen-bond donors (Lipinski definition) is 0. The quantitative estimate of drug-likeness (QED) is 0.731. The van der Waals surface area contributed by atoms with Crippen molar-refractivity contribution in [1.82, 2.24) is 0 Å². The maximum absolute atomic E-state index is 12.9. The van der Waals surface area contributed by atoms with Crippen molar-refractivity contribution in [1.29, 1.82) is 0 Å². The molecule has 1 rings (SSSR count). The molecule has 0 aliphatic rings. The molecule has 0 aliphatic heterocycles. The highest BCUT2D eigenvalue weighted by Gasteiger charge is 2.11. The van der Waals surface area contributed by atoms with Gasteiger partial charge in [-0.05, 0) is 19.1 Å². The first-order valence-electron chi connectivity index (χ1n) is 3.56. The summed E-state index contributed by atoms with van der Waals surface area (Å²) in [5.74, 6) is -1.19.